The van der Waals surface area contributed by atoms with Crippen LogP contribution in [0.25, 0.3) is 0 Å². The van der Waals surface area contributed by atoms with E-state index in [2.05, 4.69) is 5.32 Å². The van der Waals surface area contributed by atoms with Crippen LogP contribution in [-0.4, -0.2) is 38.5 Å². The predicted molar refractivity (Wildman–Crippen MR) is 152 cm³/mol. The van der Waals surface area contributed by atoms with E-state index in [4.69, 9.17) is 14.2 Å². The van der Waals surface area contributed by atoms with Crippen molar-refractivity contribution in [2.45, 2.75) is 13.1 Å². The van der Waals surface area contributed by atoms with Crippen LogP contribution in [0.2, 0.25) is 0 Å². The number of hydrogen-bond acceptors (Lipinski definition) is 7. The van der Waals surface area contributed by atoms with Crippen molar-refractivity contribution < 1.29 is 33.4 Å². The Hall–Kier alpha value is -5.44. The molecule has 208 valence electrons. The standard InChI is InChI=1S/C32H28N2O7/c1-39-30(36)27-18-29(28(31(37)40-2)17-24(27)21-35)34(20-23-9-5-3-6-10-23)32(38)33-19-22-13-15-26(16-14-22)41-25-11-7-4-8-12-25/h3-18,21H,19-20H2,1-2H3,(H,33,38). The van der Waals surface area contributed by atoms with Crippen molar-refractivity contribution in [3.8, 4) is 11.5 Å². The molecule has 0 saturated carbocycles. The number of rotatable bonds is 10. The molecule has 0 aliphatic heterocycles. The normalized spacial score (nSPS) is 10.3. The highest BCUT2D eigenvalue weighted by Gasteiger charge is 2.27. The Kier molecular flexibility index (Phi) is 9.45. The molecule has 0 atom stereocenters. The first-order valence-corrected chi connectivity index (χ1v) is 12.6. The third-order valence-electron chi connectivity index (χ3n) is 6.17. The van der Waals surface area contributed by atoms with Crippen LogP contribution in [0.15, 0.2) is 97.1 Å². The van der Waals surface area contributed by atoms with Gasteiger partial charge >= 0.3 is 18.0 Å². The van der Waals surface area contributed by atoms with Crippen molar-refractivity contribution in [3.63, 3.8) is 0 Å². The minimum atomic E-state index is -0.789. The van der Waals surface area contributed by atoms with Gasteiger partial charge in [0.05, 0.1) is 37.6 Å². The van der Waals surface area contributed by atoms with Crippen LogP contribution < -0.4 is 15.0 Å². The van der Waals surface area contributed by atoms with Gasteiger partial charge in [-0.25, -0.2) is 14.4 Å². The average Bonchev–Trinajstić information content (AvgIpc) is 3.02. The summed E-state index contributed by atoms with van der Waals surface area (Å²) >= 11 is 0. The second-order valence-electron chi connectivity index (χ2n) is 8.85. The average molecular weight is 553 g/mol. The number of nitrogens with one attached hydrogen (secondary N) is 1. The molecular weight excluding hydrogens is 524 g/mol. The molecule has 0 radical (unpaired) electrons. The SMILES string of the molecule is COC(=O)c1cc(N(Cc2ccccc2)C(=O)NCc2ccc(Oc3ccccc3)cc2)c(C(=O)OC)cc1C=O. The van der Waals surface area contributed by atoms with E-state index in [1.165, 1.54) is 31.3 Å². The highest BCUT2D eigenvalue weighted by Crippen LogP contribution is 2.28. The van der Waals surface area contributed by atoms with Gasteiger partial charge in [-0.15, -0.1) is 0 Å². The van der Waals surface area contributed by atoms with Crippen LogP contribution >= 0.6 is 0 Å². The maximum Gasteiger partial charge on any atom is 0.340 e. The zero-order chi connectivity index (χ0) is 29.2. The molecule has 0 unspecified atom stereocenters. The number of ether oxygens (including phenoxy) is 3. The molecule has 4 aromatic rings. The van der Waals surface area contributed by atoms with Crippen molar-refractivity contribution in [1.82, 2.24) is 5.32 Å². The lowest BCUT2D eigenvalue weighted by Crippen LogP contribution is -2.40. The van der Waals surface area contributed by atoms with E-state index in [0.29, 0.717) is 17.8 Å². The van der Waals surface area contributed by atoms with Gasteiger partial charge in [0.25, 0.3) is 0 Å². The van der Waals surface area contributed by atoms with Crippen molar-refractivity contribution in [2.24, 2.45) is 0 Å². The lowest BCUT2D eigenvalue weighted by molar-refractivity contribution is 0.0586. The van der Waals surface area contributed by atoms with Gasteiger partial charge in [-0.2, -0.15) is 0 Å². The number of carbonyl (C=O) groups is 4. The van der Waals surface area contributed by atoms with E-state index in [1.807, 2.05) is 72.8 Å². The summed E-state index contributed by atoms with van der Waals surface area (Å²) in [5.74, 6) is -0.217. The van der Waals surface area contributed by atoms with Gasteiger partial charge in [0.15, 0.2) is 6.29 Å². The number of esters is 2. The molecule has 4 aromatic carbocycles. The molecule has 0 aliphatic rings. The minimum absolute atomic E-state index is 0.0571. The van der Waals surface area contributed by atoms with E-state index in [-0.39, 0.29) is 35.5 Å². The van der Waals surface area contributed by atoms with Crippen molar-refractivity contribution in [1.29, 1.82) is 0 Å². The lowest BCUT2D eigenvalue weighted by atomic mass is 10.0. The molecule has 0 bridgehead atoms. The van der Waals surface area contributed by atoms with E-state index < -0.39 is 18.0 Å². The minimum Gasteiger partial charge on any atom is -0.465 e. The van der Waals surface area contributed by atoms with Crippen LogP contribution in [-0.2, 0) is 22.6 Å². The number of hydrogen-bond donors (Lipinski definition) is 1. The van der Waals surface area contributed by atoms with Gasteiger partial charge < -0.3 is 19.5 Å². The third-order valence-corrected chi connectivity index (χ3v) is 6.17. The molecule has 0 spiro atoms. The van der Waals surface area contributed by atoms with Crippen LogP contribution in [0.4, 0.5) is 10.5 Å². The number of urea groups is 1. The zero-order valence-corrected chi connectivity index (χ0v) is 22.5. The molecule has 9 heteroatoms. The number of nitrogens with zero attached hydrogens (tertiary/aromatic N) is 1. The summed E-state index contributed by atoms with van der Waals surface area (Å²) in [5, 5.41) is 2.87. The Bertz CT molecular complexity index is 1520. The number of para-hydroxylation sites is 1. The summed E-state index contributed by atoms with van der Waals surface area (Å²) in [4.78, 5) is 51.9. The number of carbonyl (C=O) groups excluding carboxylic acids is 4. The molecule has 0 heterocycles. The van der Waals surface area contributed by atoms with Crippen LogP contribution in [0.5, 0.6) is 11.5 Å². The third kappa shape index (κ3) is 7.15. The van der Waals surface area contributed by atoms with Crippen molar-refractivity contribution in [2.75, 3.05) is 19.1 Å². The Labute approximate surface area is 237 Å². The number of amides is 2. The molecule has 0 saturated heterocycles. The maximum absolute atomic E-state index is 13.7. The molecular formula is C32H28N2O7. The summed E-state index contributed by atoms with van der Waals surface area (Å²) in [6.07, 6.45) is 0.440. The second kappa shape index (κ2) is 13.6. The van der Waals surface area contributed by atoms with Gasteiger partial charge in [-0.3, -0.25) is 9.69 Å². The zero-order valence-electron chi connectivity index (χ0n) is 22.5. The number of methoxy groups -OCH3 is 2. The van der Waals surface area contributed by atoms with Crippen LogP contribution in [0.3, 0.4) is 0 Å². The fraction of sp³-hybridized carbons (Fsp3) is 0.125. The van der Waals surface area contributed by atoms with E-state index in [1.54, 1.807) is 12.1 Å². The van der Waals surface area contributed by atoms with E-state index in [9.17, 15) is 19.2 Å². The highest BCUT2D eigenvalue weighted by molar-refractivity contribution is 6.07. The molecule has 2 amide bonds. The first-order valence-electron chi connectivity index (χ1n) is 12.6. The lowest BCUT2D eigenvalue weighted by Gasteiger charge is -2.26. The summed E-state index contributed by atoms with van der Waals surface area (Å²) in [7, 11) is 2.36. The van der Waals surface area contributed by atoms with Crippen LogP contribution in [0, 0.1) is 0 Å². The maximum atomic E-state index is 13.7. The first-order chi connectivity index (χ1) is 19.9. The second-order valence-corrected chi connectivity index (χ2v) is 8.85. The van der Waals surface area contributed by atoms with Gasteiger partial charge in [-0.05, 0) is 47.5 Å². The topological polar surface area (TPSA) is 111 Å². The molecule has 0 aliphatic carbocycles. The van der Waals surface area contributed by atoms with Crippen molar-refractivity contribution in [3.05, 3.63) is 125 Å². The Morgan fingerprint density at radius 3 is 1.93 bits per heavy atom. The largest absolute Gasteiger partial charge is 0.465 e. The van der Waals surface area contributed by atoms with Crippen molar-refractivity contribution >= 4 is 29.9 Å². The summed E-state index contributed by atoms with van der Waals surface area (Å²) in [6, 6.07) is 27.7. The highest BCUT2D eigenvalue weighted by atomic mass is 16.5. The van der Waals surface area contributed by atoms with Gasteiger partial charge in [0.2, 0.25) is 0 Å². The molecule has 0 aromatic heterocycles. The van der Waals surface area contributed by atoms with E-state index >= 15 is 0 Å². The fourth-order valence-corrected chi connectivity index (χ4v) is 4.09. The molecule has 0 fully saturated rings. The van der Waals surface area contributed by atoms with E-state index in [0.717, 1.165) is 11.1 Å². The Morgan fingerprint density at radius 1 is 0.732 bits per heavy atom. The van der Waals surface area contributed by atoms with Gasteiger partial charge in [0.1, 0.15) is 11.5 Å². The molecule has 9 nitrogen and oxygen atoms in total. The quantitative estimate of drug-likeness (QED) is 0.196. The number of anilines is 1. The fourth-order valence-electron chi connectivity index (χ4n) is 4.09. The van der Waals surface area contributed by atoms with Gasteiger partial charge in [0, 0.05) is 12.1 Å². The summed E-state index contributed by atoms with van der Waals surface area (Å²) < 4.78 is 15.6. The Morgan fingerprint density at radius 2 is 1.32 bits per heavy atom. The Balaban J connectivity index is 1.64. The monoisotopic (exact) mass is 552 g/mol. The molecule has 41 heavy (non-hydrogen) atoms. The number of aldehydes is 1. The molecule has 4 rings (SSSR count). The number of benzene rings is 4. The smallest absolute Gasteiger partial charge is 0.340 e. The summed E-state index contributed by atoms with van der Waals surface area (Å²) in [6.45, 7) is 0.223. The van der Waals surface area contributed by atoms with Gasteiger partial charge in [-0.1, -0.05) is 60.7 Å². The summed E-state index contributed by atoms with van der Waals surface area (Å²) in [5.41, 5.74) is 1.42. The van der Waals surface area contributed by atoms with Crippen LogP contribution in [0.1, 0.15) is 42.2 Å². The predicted octanol–water partition coefficient (Wildman–Crippen LogP) is 5.78. The first kappa shape index (κ1) is 28.6. The molecule has 1 N–H and O–H groups in total.